The molecule has 2 aromatic heterocycles. The molecule has 2 aliphatic rings. The highest BCUT2D eigenvalue weighted by molar-refractivity contribution is 14.1. The van der Waals surface area contributed by atoms with E-state index in [4.69, 9.17) is 9.15 Å². The summed E-state index contributed by atoms with van der Waals surface area (Å²) < 4.78 is 28.2. The molecule has 4 aromatic rings. The minimum absolute atomic E-state index is 0.0253. The molecule has 1 saturated heterocycles. The van der Waals surface area contributed by atoms with Crippen LogP contribution in [-0.2, 0) is 9.53 Å². The Hall–Kier alpha value is -3.51. The van der Waals surface area contributed by atoms with Crippen LogP contribution in [0.4, 0.5) is 21.5 Å². The second-order valence-corrected chi connectivity index (χ2v) is 11.3. The summed E-state index contributed by atoms with van der Waals surface area (Å²) in [5, 5.41) is 6.12. The third-order valence-electron chi connectivity index (χ3n) is 7.27. The maximum Gasteiger partial charge on any atom is 0.341 e. The second kappa shape index (κ2) is 9.91. The normalized spacial score (nSPS) is 15.3. The number of carbonyl (C=O) groups excluding carboxylic acids is 1. The molecule has 2 fully saturated rings. The minimum Gasteiger partial charge on any atom is -0.421 e. The zero-order chi connectivity index (χ0) is 27.4. The molecular formula is C29H25FIN3O5. The van der Waals surface area contributed by atoms with Crippen molar-refractivity contribution in [2.75, 3.05) is 23.8 Å². The third kappa shape index (κ3) is 4.65. The number of nitrogens with zero attached hydrogens (tertiary/aromatic N) is 1. The summed E-state index contributed by atoms with van der Waals surface area (Å²) in [5.41, 5.74) is 2.21. The van der Waals surface area contributed by atoms with Crippen LogP contribution in [0.15, 0.2) is 56.5 Å². The van der Waals surface area contributed by atoms with Crippen LogP contribution in [0, 0.1) is 29.2 Å². The summed E-state index contributed by atoms with van der Waals surface area (Å²) >= 11 is 2.02. The van der Waals surface area contributed by atoms with E-state index < -0.39 is 11.4 Å². The molecule has 10 heteroatoms. The van der Waals surface area contributed by atoms with Crippen molar-refractivity contribution >= 4 is 56.5 Å². The predicted molar refractivity (Wildman–Crippen MR) is 155 cm³/mol. The first kappa shape index (κ1) is 25.8. The van der Waals surface area contributed by atoms with Gasteiger partial charge in [0.15, 0.2) is 5.58 Å². The molecule has 2 aromatic carbocycles. The van der Waals surface area contributed by atoms with Gasteiger partial charge >= 0.3 is 5.63 Å². The van der Waals surface area contributed by atoms with Gasteiger partial charge in [0.1, 0.15) is 11.2 Å². The van der Waals surface area contributed by atoms with E-state index in [1.54, 1.807) is 41.8 Å². The van der Waals surface area contributed by atoms with Crippen molar-refractivity contribution in [1.29, 1.82) is 0 Å². The van der Waals surface area contributed by atoms with Gasteiger partial charge in [0.05, 0.1) is 36.1 Å². The zero-order valence-corrected chi connectivity index (χ0v) is 23.4. The van der Waals surface area contributed by atoms with Crippen LogP contribution >= 0.6 is 22.6 Å². The van der Waals surface area contributed by atoms with Crippen molar-refractivity contribution in [3.63, 3.8) is 0 Å². The molecule has 0 bridgehead atoms. The molecule has 0 atom stereocenters. The van der Waals surface area contributed by atoms with Gasteiger partial charge in [0, 0.05) is 26.6 Å². The number of rotatable bonds is 6. The largest absolute Gasteiger partial charge is 0.421 e. The molecule has 3 heterocycles. The Morgan fingerprint density at radius 1 is 1.10 bits per heavy atom. The Kier molecular flexibility index (Phi) is 6.54. The van der Waals surface area contributed by atoms with Crippen molar-refractivity contribution in [3.05, 3.63) is 83.9 Å². The number of pyridine rings is 1. The van der Waals surface area contributed by atoms with Crippen LogP contribution in [-0.4, -0.2) is 23.7 Å². The molecule has 0 spiro atoms. The maximum atomic E-state index is 14.8. The fraction of sp³-hybridized carbons (Fsp3) is 0.276. The van der Waals surface area contributed by atoms with Gasteiger partial charge in [0.25, 0.3) is 5.56 Å². The molecule has 1 saturated carbocycles. The van der Waals surface area contributed by atoms with Gasteiger partial charge in [-0.25, -0.2) is 9.18 Å². The first-order valence-electron chi connectivity index (χ1n) is 12.7. The summed E-state index contributed by atoms with van der Waals surface area (Å²) in [5.74, 6) is -0.821. The molecule has 39 heavy (non-hydrogen) atoms. The van der Waals surface area contributed by atoms with Gasteiger partial charge < -0.3 is 24.4 Å². The summed E-state index contributed by atoms with van der Waals surface area (Å²) in [6.07, 6.45) is 1.71. The second-order valence-electron chi connectivity index (χ2n) is 10.0. The van der Waals surface area contributed by atoms with Gasteiger partial charge in [-0.3, -0.25) is 9.59 Å². The lowest BCUT2D eigenvalue weighted by Crippen LogP contribution is -2.38. The minimum atomic E-state index is -0.630. The van der Waals surface area contributed by atoms with Crippen molar-refractivity contribution in [2.24, 2.45) is 5.92 Å². The molecule has 6 rings (SSSR count). The van der Waals surface area contributed by atoms with E-state index in [0.717, 1.165) is 16.4 Å². The van der Waals surface area contributed by atoms with E-state index in [1.165, 1.54) is 6.07 Å². The highest BCUT2D eigenvalue weighted by atomic mass is 127. The van der Waals surface area contributed by atoms with E-state index in [2.05, 4.69) is 10.6 Å². The Morgan fingerprint density at radius 3 is 2.54 bits per heavy atom. The number of nitrogens with one attached hydrogen (secondary N) is 2. The van der Waals surface area contributed by atoms with Crippen LogP contribution in [0.2, 0.25) is 0 Å². The number of amides is 1. The van der Waals surface area contributed by atoms with Crippen LogP contribution in [0.3, 0.4) is 0 Å². The smallest absolute Gasteiger partial charge is 0.341 e. The number of halogens is 2. The quantitative estimate of drug-likeness (QED) is 0.264. The summed E-state index contributed by atoms with van der Waals surface area (Å²) in [6.45, 7) is 4.17. The van der Waals surface area contributed by atoms with Crippen LogP contribution in [0.25, 0.3) is 22.1 Å². The van der Waals surface area contributed by atoms with Gasteiger partial charge in [-0.15, -0.1) is 0 Å². The van der Waals surface area contributed by atoms with Crippen LogP contribution in [0.5, 0.6) is 0 Å². The lowest BCUT2D eigenvalue weighted by molar-refractivity contribution is -0.133. The van der Waals surface area contributed by atoms with E-state index in [-0.39, 0.29) is 51.3 Å². The Balaban J connectivity index is 1.58. The number of hydrogen-bond donors (Lipinski definition) is 2. The van der Waals surface area contributed by atoms with Gasteiger partial charge in [-0.1, -0.05) is 12.1 Å². The van der Waals surface area contributed by atoms with E-state index >= 15 is 0 Å². The molecule has 2 N–H and O–H groups in total. The average molecular weight is 641 g/mol. The molecule has 1 aliphatic carbocycles. The fourth-order valence-corrected chi connectivity index (χ4v) is 5.39. The maximum absolute atomic E-state index is 14.8. The van der Waals surface area contributed by atoms with Crippen molar-refractivity contribution in [3.8, 4) is 11.1 Å². The lowest BCUT2D eigenvalue weighted by Gasteiger charge is -2.24. The summed E-state index contributed by atoms with van der Waals surface area (Å²) in [6, 6.07) is 11.9. The SMILES string of the molecule is Cc1c(Nc2ccc(I)cc2F)c2c(=O)n(C3CC3)c(C)c(-c3cccc(NC(=O)C4COC4)c3)c2oc1=O. The number of benzene rings is 2. The number of hydrogen-bond acceptors (Lipinski definition) is 6. The summed E-state index contributed by atoms with van der Waals surface area (Å²) in [4.78, 5) is 39.6. The first-order valence-corrected chi connectivity index (χ1v) is 13.7. The highest BCUT2D eigenvalue weighted by Gasteiger charge is 2.31. The standard InChI is InChI=1S/C29H25FIN3O5/c1-14-25(33-22-9-6-18(31)11-21(22)30)24-26(39-29(14)37)23(15(2)34(28(24)36)20-7-8-20)16-4-3-5-19(10-16)32-27(35)17-12-38-13-17/h3-6,9-11,17,20,33H,7-8,12-13H2,1-2H3,(H,32,35). The molecule has 8 nitrogen and oxygen atoms in total. The number of ether oxygens (including phenoxy) is 1. The molecular weight excluding hydrogens is 616 g/mol. The molecule has 1 amide bonds. The molecule has 0 unspecified atom stereocenters. The monoisotopic (exact) mass is 641 g/mol. The topological polar surface area (TPSA) is 103 Å². The Labute approximate surface area is 236 Å². The molecule has 1 aliphatic heterocycles. The van der Waals surface area contributed by atoms with E-state index in [0.29, 0.717) is 35.7 Å². The predicted octanol–water partition coefficient (Wildman–Crippen LogP) is 5.65. The van der Waals surface area contributed by atoms with Gasteiger partial charge in [0.2, 0.25) is 5.91 Å². The highest BCUT2D eigenvalue weighted by Crippen LogP contribution is 2.41. The van der Waals surface area contributed by atoms with Gasteiger partial charge in [-0.05, 0) is 85.2 Å². The van der Waals surface area contributed by atoms with Crippen LogP contribution < -0.4 is 21.8 Å². The van der Waals surface area contributed by atoms with Crippen molar-refractivity contribution < 1.29 is 18.3 Å². The fourth-order valence-electron chi connectivity index (χ4n) is 4.94. The number of carbonyl (C=O) groups is 1. The Morgan fingerprint density at radius 2 is 1.87 bits per heavy atom. The number of aromatic nitrogens is 1. The third-order valence-corrected chi connectivity index (χ3v) is 7.94. The lowest BCUT2D eigenvalue weighted by atomic mass is 9.99. The first-order chi connectivity index (χ1) is 18.7. The number of anilines is 3. The van der Waals surface area contributed by atoms with E-state index in [1.807, 2.05) is 35.6 Å². The zero-order valence-electron chi connectivity index (χ0n) is 21.3. The average Bonchev–Trinajstić information content (AvgIpc) is 3.68. The van der Waals surface area contributed by atoms with Crippen molar-refractivity contribution in [1.82, 2.24) is 4.57 Å². The van der Waals surface area contributed by atoms with Crippen LogP contribution in [0.1, 0.15) is 30.1 Å². The molecule has 200 valence electrons. The van der Waals surface area contributed by atoms with E-state index in [9.17, 15) is 18.8 Å². The number of fused-ring (bicyclic) bond motifs is 1. The molecule has 0 radical (unpaired) electrons. The summed E-state index contributed by atoms with van der Waals surface area (Å²) in [7, 11) is 0. The van der Waals surface area contributed by atoms with Crippen molar-refractivity contribution in [2.45, 2.75) is 32.7 Å². The Bertz CT molecular complexity index is 1770. The van der Waals surface area contributed by atoms with Gasteiger partial charge in [-0.2, -0.15) is 0 Å².